The van der Waals surface area contributed by atoms with Gasteiger partial charge in [-0.05, 0) is 34.5 Å². The molecule has 0 radical (unpaired) electrons. The number of methoxy groups -OCH3 is 2. The van der Waals surface area contributed by atoms with E-state index in [0.29, 0.717) is 29.8 Å². The van der Waals surface area contributed by atoms with Crippen LogP contribution < -0.4 is 9.47 Å². The van der Waals surface area contributed by atoms with Crippen molar-refractivity contribution in [2.45, 2.75) is 13.1 Å². The minimum atomic E-state index is 0.556. The second-order valence-electron chi connectivity index (χ2n) is 8.27. The lowest BCUT2D eigenvalue weighted by atomic mass is 10.0. The van der Waals surface area contributed by atoms with Crippen LogP contribution in [0.1, 0.15) is 11.5 Å². The monoisotopic (exact) mass is 444 g/mol. The summed E-state index contributed by atoms with van der Waals surface area (Å²) in [6, 6.07) is 20.8. The Labute approximate surface area is 193 Å². The van der Waals surface area contributed by atoms with E-state index in [1.54, 1.807) is 14.2 Å². The molecule has 1 aliphatic heterocycles. The highest BCUT2D eigenvalue weighted by molar-refractivity contribution is 5.85. The number of rotatable bonds is 7. The third-order valence-electron chi connectivity index (χ3n) is 6.21. The molecule has 4 aromatic rings. The minimum absolute atomic E-state index is 0.556. The zero-order valence-corrected chi connectivity index (χ0v) is 19.0. The van der Waals surface area contributed by atoms with Crippen LogP contribution in [0.4, 0.5) is 0 Å². The number of ether oxygens (including phenoxy) is 2. The molecule has 1 aromatic heterocycles. The van der Waals surface area contributed by atoms with Crippen molar-refractivity contribution in [2.24, 2.45) is 0 Å². The Kier molecular flexibility index (Phi) is 6.24. The maximum absolute atomic E-state index is 5.53. The predicted molar refractivity (Wildman–Crippen MR) is 127 cm³/mol. The van der Waals surface area contributed by atoms with Crippen LogP contribution in [0.2, 0.25) is 0 Å². The van der Waals surface area contributed by atoms with E-state index in [1.807, 2.05) is 18.2 Å². The van der Waals surface area contributed by atoms with Gasteiger partial charge in [-0.25, -0.2) is 0 Å². The molecule has 0 bridgehead atoms. The van der Waals surface area contributed by atoms with Gasteiger partial charge in [0.1, 0.15) is 0 Å². The van der Waals surface area contributed by atoms with Gasteiger partial charge in [0.2, 0.25) is 11.7 Å². The Balaban J connectivity index is 1.19. The van der Waals surface area contributed by atoms with Gasteiger partial charge in [0.05, 0.1) is 20.8 Å². The Bertz CT molecular complexity index is 1230. The van der Waals surface area contributed by atoms with Crippen molar-refractivity contribution in [1.29, 1.82) is 0 Å². The van der Waals surface area contributed by atoms with Gasteiger partial charge in [-0.1, -0.05) is 47.6 Å². The van der Waals surface area contributed by atoms with E-state index < -0.39 is 0 Å². The lowest BCUT2D eigenvalue weighted by Crippen LogP contribution is -2.45. The van der Waals surface area contributed by atoms with E-state index in [9.17, 15) is 0 Å². The number of piperazine rings is 1. The average Bonchev–Trinajstić information content (AvgIpc) is 3.33. The first-order chi connectivity index (χ1) is 16.2. The van der Waals surface area contributed by atoms with Gasteiger partial charge in [-0.3, -0.25) is 9.80 Å². The van der Waals surface area contributed by atoms with Crippen molar-refractivity contribution < 1.29 is 14.0 Å². The summed E-state index contributed by atoms with van der Waals surface area (Å²) in [5, 5.41) is 6.81. The lowest BCUT2D eigenvalue weighted by Gasteiger charge is -2.34. The third-order valence-corrected chi connectivity index (χ3v) is 6.21. The molecule has 33 heavy (non-hydrogen) atoms. The summed E-state index contributed by atoms with van der Waals surface area (Å²) in [5.41, 5.74) is 2.22. The molecule has 0 atom stereocenters. The Morgan fingerprint density at radius 3 is 2.33 bits per heavy atom. The lowest BCUT2D eigenvalue weighted by molar-refractivity contribution is 0.112. The summed E-state index contributed by atoms with van der Waals surface area (Å²) in [7, 11) is 3.23. The van der Waals surface area contributed by atoms with Crippen LogP contribution in [-0.4, -0.2) is 60.3 Å². The molecule has 1 fully saturated rings. The number of hydrogen-bond acceptors (Lipinski definition) is 7. The van der Waals surface area contributed by atoms with Crippen molar-refractivity contribution in [3.05, 3.63) is 72.1 Å². The fourth-order valence-electron chi connectivity index (χ4n) is 4.38. The van der Waals surface area contributed by atoms with Gasteiger partial charge in [0.15, 0.2) is 11.5 Å². The Hall–Kier alpha value is -3.42. The Morgan fingerprint density at radius 1 is 0.818 bits per heavy atom. The topological polar surface area (TPSA) is 63.9 Å². The van der Waals surface area contributed by atoms with Crippen LogP contribution in [0.3, 0.4) is 0 Å². The minimum Gasteiger partial charge on any atom is -0.493 e. The molecule has 1 saturated heterocycles. The summed E-state index contributed by atoms with van der Waals surface area (Å²) in [6.07, 6.45) is 0. The van der Waals surface area contributed by atoms with Gasteiger partial charge >= 0.3 is 0 Å². The van der Waals surface area contributed by atoms with Crippen LogP contribution in [0.15, 0.2) is 65.2 Å². The number of benzene rings is 3. The molecule has 0 spiro atoms. The molecule has 0 aliphatic carbocycles. The maximum Gasteiger partial charge on any atom is 0.241 e. The van der Waals surface area contributed by atoms with Crippen LogP contribution in [0.5, 0.6) is 11.5 Å². The van der Waals surface area contributed by atoms with Crippen LogP contribution in [-0.2, 0) is 13.1 Å². The summed E-state index contributed by atoms with van der Waals surface area (Å²) in [6.45, 7) is 5.60. The molecule has 0 saturated carbocycles. The average molecular weight is 445 g/mol. The summed E-state index contributed by atoms with van der Waals surface area (Å²) >= 11 is 0. The highest BCUT2D eigenvalue weighted by atomic mass is 16.5. The molecule has 5 rings (SSSR count). The van der Waals surface area contributed by atoms with Crippen LogP contribution in [0.25, 0.3) is 22.2 Å². The molecule has 170 valence electrons. The van der Waals surface area contributed by atoms with Crippen LogP contribution in [0, 0.1) is 0 Å². The number of nitrogens with zero attached hydrogens (tertiary/aromatic N) is 4. The second-order valence-corrected chi connectivity index (χ2v) is 8.27. The SMILES string of the molecule is COc1ccc(-c2noc(CN3CCN(Cc4cccc5ccccc45)CC3)n2)cc1OC. The number of hydrogen-bond donors (Lipinski definition) is 0. The molecule has 0 amide bonds. The first-order valence-corrected chi connectivity index (χ1v) is 11.2. The molecule has 1 aliphatic rings. The molecular formula is C26H28N4O3. The fourth-order valence-corrected chi connectivity index (χ4v) is 4.38. The van der Waals surface area contributed by atoms with Crippen molar-refractivity contribution in [3.63, 3.8) is 0 Å². The van der Waals surface area contributed by atoms with Crippen molar-refractivity contribution in [2.75, 3.05) is 40.4 Å². The van der Waals surface area contributed by atoms with Crippen molar-refractivity contribution >= 4 is 10.8 Å². The van der Waals surface area contributed by atoms with Gasteiger partial charge in [-0.15, -0.1) is 0 Å². The van der Waals surface area contributed by atoms with E-state index in [0.717, 1.165) is 38.3 Å². The number of aromatic nitrogens is 2. The van der Waals surface area contributed by atoms with Crippen LogP contribution >= 0.6 is 0 Å². The molecule has 2 heterocycles. The highest BCUT2D eigenvalue weighted by Gasteiger charge is 2.20. The fraction of sp³-hybridized carbons (Fsp3) is 0.308. The largest absolute Gasteiger partial charge is 0.493 e. The normalized spacial score (nSPS) is 15.1. The van der Waals surface area contributed by atoms with E-state index in [4.69, 9.17) is 14.0 Å². The van der Waals surface area contributed by atoms with Gasteiger partial charge in [0, 0.05) is 38.3 Å². The van der Waals surface area contributed by atoms with E-state index >= 15 is 0 Å². The third kappa shape index (κ3) is 4.69. The second kappa shape index (κ2) is 9.60. The standard InChI is InChI=1S/C26H28N4O3/c1-31-23-11-10-20(16-24(23)32-2)26-27-25(33-28-26)18-30-14-12-29(13-15-30)17-21-8-5-7-19-6-3-4-9-22(19)21/h3-11,16H,12-15,17-18H2,1-2H3. The quantitative estimate of drug-likeness (QED) is 0.423. The molecule has 7 heteroatoms. The van der Waals surface area contributed by atoms with Crippen molar-refractivity contribution in [1.82, 2.24) is 19.9 Å². The first kappa shape index (κ1) is 21.4. The smallest absolute Gasteiger partial charge is 0.241 e. The molecule has 7 nitrogen and oxygen atoms in total. The molecule has 0 N–H and O–H groups in total. The summed E-state index contributed by atoms with van der Waals surface area (Å²) < 4.78 is 16.2. The molecular weight excluding hydrogens is 416 g/mol. The van der Waals surface area contributed by atoms with Gasteiger partial charge in [-0.2, -0.15) is 4.98 Å². The van der Waals surface area contributed by atoms with E-state index in [2.05, 4.69) is 62.4 Å². The van der Waals surface area contributed by atoms with Gasteiger partial charge < -0.3 is 14.0 Å². The summed E-state index contributed by atoms with van der Waals surface area (Å²) in [4.78, 5) is 9.48. The molecule has 0 unspecified atom stereocenters. The summed E-state index contributed by atoms with van der Waals surface area (Å²) in [5.74, 6) is 2.50. The highest BCUT2D eigenvalue weighted by Crippen LogP contribution is 2.31. The zero-order valence-electron chi connectivity index (χ0n) is 19.0. The number of fused-ring (bicyclic) bond motifs is 1. The predicted octanol–water partition coefficient (Wildman–Crippen LogP) is 4.22. The molecule has 3 aromatic carbocycles. The van der Waals surface area contributed by atoms with Crippen molar-refractivity contribution in [3.8, 4) is 22.9 Å². The van der Waals surface area contributed by atoms with E-state index in [-0.39, 0.29) is 0 Å². The maximum atomic E-state index is 5.53. The van der Waals surface area contributed by atoms with Gasteiger partial charge in [0.25, 0.3) is 0 Å². The Morgan fingerprint density at radius 2 is 1.55 bits per heavy atom. The zero-order chi connectivity index (χ0) is 22.6. The van der Waals surface area contributed by atoms with E-state index in [1.165, 1.54) is 16.3 Å². The first-order valence-electron chi connectivity index (χ1n) is 11.2.